The molecule has 4 aromatic rings. The normalized spacial score (nSPS) is 10.6. The third kappa shape index (κ3) is 4.92. The van der Waals surface area contributed by atoms with Crippen LogP contribution in [0.5, 0.6) is 5.75 Å². The molecule has 2 aromatic heterocycles. The van der Waals surface area contributed by atoms with Crippen molar-refractivity contribution in [2.24, 2.45) is 0 Å². The van der Waals surface area contributed by atoms with E-state index in [2.05, 4.69) is 15.4 Å². The Balaban J connectivity index is 1.51. The number of para-hydroxylation sites is 1. The summed E-state index contributed by atoms with van der Waals surface area (Å²) >= 11 is 0. The molecule has 8 heteroatoms. The summed E-state index contributed by atoms with van der Waals surface area (Å²) in [5.74, 6) is 1.39. The van der Waals surface area contributed by atoms with Gasteiger partial charge in [0.1, 0.15) is 5.75 Å². The Morgan fingerprint density at radius 1 is 1.06 bits per heavy atom. The van der Waals surface area contributed by atoms with Gasteiger partial charge in [-0.3, -0.25) is 4.79 Å². The zero-order valence-electron chi connectivity index (χ0n) is 17.4. The first kappa shape index (κ1) is 20.2. The van der Waals surface area contributed by atoms with Gasteiger partial charge < -0.3 is 19.4 Å². The van der Waals surface area contributed by atoms with Crippen LogP contribution in [0.2, 0.25) is 0 Å². The monoisotopic (exact) mass is 417 g/mol. The number of aromatic nitrogens is 3. The second kappa shape index (κ2) is 9.17. The minimum atomic E-state index is -0.348. The van der Waals surface area contributed by atoms with Crippen molar-refractivity contribution >= 4 is 17.5 Å². The molecule has 0 saturated heterocycles. The molecule has 8 nitrogen and oxygen atoms in total. The van der Waals surface area contributed by atoms with Gasteiger partial charge in [-0.25, -0.2) is 0 Å². The smallest absolute Gasteiger partial charge is 0.287 e. The van der Waals surface area contributed by atoms with Gasteiger partial charge in [0.25, 0.3) is 5.91 Å². The molecular weight excluding hydrogens is 394 g/mol. The van der Waals surface area contributed by atoms with Crippen LogP contribution in [0.1, 0.15) is 10.4 Å². The van der Waals surface area contributed by atoms with E-state index < -0.39 is 0 Å². The summed E-state index contributed by atoms with van der Waals surface area (Å²) in [7, 11) is 3.99. The molecule has 0 aliphatic rings. The van der Waals surface area contributed by atoms with E-state index in [1.807, 2.05) is 61.5 Å². The Kier molecular flexibility index (Phi) is 5.98. The molecule has 0 aliphatic heterocycles. The van der Waals surface area contributed by atoms with Gasteiger partial charge in [0, 0.05) is 26.3 Å². The van der Waals surface area contributed by atoms with Crippen molar-refractivity contribution in [1.29, 1.82) is 0 Å². The third-order valence-electron chi connectivity index (χ3n) is 4.59. The molecular formula is C23H23N5O3. The van der Waals surface area contributed by atoms with E-state index >= 15 is 0 Å². The second-order valence-corrected chi connectivity index (χ2v) is 7.06. The van der Waals surface area contributed by atoms with E-state index in [1.54, 1.807) is 24.3 Å². The molecule has 2 aromatic carbocycles. The number of nitrogens with zero attached hydrogens (tertiary/aromatic N) is 4. The fourth-order valence-corrected chi connectivity index (χ4v) is 2.93. The Hall–Kier alpha value is -4.07. The van der Waals surface area contributed by atoms with Crippen molar-refractivity contribution in [2.45, 2.75) is 6.54 Å². The van der Waals surface area contributed by atoms with Crippen LogP contribution in [0.3, 0.4) is 0 Å². The maximum absolute atomic E-state index is 12.8. The number of ether oxygens (including phenoxy) is 1. The highest BCUT2D eigenvalue weighted by atomic mass is 16.5. The average Bonchev–Trinajstić information content (AvgIpc) is 3.47. The van der Waals surface area contributed by atoms with E-state index in [4.69, 9.17) is 9.15 Å². The molecule has 1 N–H and O–H groups in total. The maximum atomic E-state index is 12.8. The number of carbonyl (C=O) groups excluding carboxylic acids is 1. The summed E-state index contributed by atoms with van der Waals surface area (Å²) in [4.78, 5) is 19.3. The molecule has 0 atom stereocenters. The predicted octanol–water partition coefficient (Wildman–Crippen LogP) is 3.94. The van der Waals surface area contributed by atoms with Gasteiger partial charge in [-0.1, -0.05) is 30.3 Å². The van der Waals surface area contributed by atoms with E-state index in [1.165, 1.54) is 10.9 Å². The fraction of sp³-hybridized carbons (Fsp3) is 0.174. The average molecular weight is 417 g/mol. The molecule has 2 heterocycles. The largest absolute Gasteiger partial charge is 0.484 e. The highest BCUT2D eigenvalue weighted by molar-refractivity contribution is 5.82. The lowest BCUT2D eigenvalue weighted by molar-refractivity contribution is 0.0824. The van der Waals surface area contributed by atoms with Gasteiger partial charge in [-0.15, -0.1) is 5.10 Å². The van der Waals surface area contributed by atoms with Crippen molar-refractivity contribution < 1.29 is 13.9 Å². The quantitative estimate of drug-likeness (QED) is 0.465. The molecule has 0 saturated carbocycles. The standard InChI is InChI=1S/C23H23N5O3/c1-27(2)18-12-10-17(11-13-18)15-24-23-25-22(20-9-6-14-30-20)26-28(23)21(29)16-31-19-7-4-3-5-8-19/h3-14H,15-16H2,1-2H3,(H,24,25,26). The van der Waals surface area contributed by atoms with Gasteiger partial charge in [0.05, 0.1) is 6.26 Å². The molecule has 0 aliphatic carbocycles. The number of nitrogens with one attached hydrogen (secondary N) is 1. The zero-order valence-corrected chi connectivity index (χ0v) is 17.4. The zero-order chi connectivity index (χ0) is 21.6. The molecule has 31 heavy (non-hydrogen) atoms. The summed E-state index contributed by atoms with van der Waals surface area (Å²) in [6.07, 6.45) is 1.54. The maximum Gasteiger partial charge on any atom is 0.287 e. The Bertz CT molecular complexity index is 1120. The minimum Gasteiger partial charge on any atom is -0.484 e. The van der Waals surface area contributed by atoms with Crippen LogP contribution in [0.25, 0.3) is 11.6 Å². The summed E-state index contributed by atoms with van der Waals surface area (Å²) in [6.45, 7) is 0.313. The molecule has 0 fully saturated rings. The SMILES string of the molecule is CN(C)c1ccc(CNc2nc(-c3ccco3)nn2C(=O)COc2ccccc2)cc1. The van der Waals surface area contributed by atoms with Gasteiger partial charge in [-0.05, 0) is 42.0 Å². The van der Waals surface area contributed by atoms with Crippen molar-refractivity contribution in [3.05, 3.63) is 78.6 Å². The van der Waals surface area contributed by atoms with Crippen LogP contribution in [0, 0.1) is 0 Å². The molecule has 0 radical (unpaired) electrons. The summed E-state index contributed by atoms with van der Waals surface area (Å²) in [5.41, 5.74) is 2.16. The highest BCUT2D eigenvalue weighted by Crippen LogP contribution is 2.20. The molecule has 0 spiro atoms. The first-order chi connectivity index (χ1) is 15.1. The van der Waals surface area contributed by atoms with Crippen LogP contribution >= 0.6 is 0 Å². The predicted molar refractivity (Wildman–Crippen MR) is 118 cm³/mol. The molecule has 0 bridgehead atoms. The number of anilines is 2. The van der Waals surface area contributed by atoms with Crippen LogP contribution in [0.15, 0.2) is 77.4 Å². The topological polar surface area (TPSA) is 85.4 Å². The van der Waals surface area contributed by atoms with Crippen LogP contribution in [-0.4, -0.2) is 41.4 Å². The Morgan fingerprint density at radius 3 is 2.52 bits per heavy atom. The lowest BCUT2D eigenvalue weighted by Crippen LogP contribution is -2.22. The molecule has 0 amide bonds. The number of carbonyl (C=O) groups is 1. The number of furan rings is 1. The highest BCUT2D eigenvalue weighted by Gasteiger charge is 2.19. The summed E-state index contributed by atoms with van der Waals surface area (Å²) in [5, 5.41) is 7.52. The second-order valence-electron chi connectivity index (χ2n) is 7.06. The molecule has 158 valence electrons. The van der Waals surface area contributed by atoms with Crippen LogP contribution < -0.4 is 15.0 Å². The van der Waals surface area contributed by atoms with Gasteiger partial charge in [-0.2, -0.15) is 9.67 Å². The summed E-state index contributed by atoms with van der Waals surface area (Å²) < 4.78 is 12.2. The van der Waals surface area contributed by atoms with Crippen molar-refractivity contribution in [2.75, 3.05) is 30.9 Å². The summed E-state index contributed by atoms with van der Waals surface area (Å²) in [6, 6.07) is 20.8. The van der Waals surface area contributed by atoms with Crippen molar-refractivity contribution in [1.82, 2.24) is 14.8 Å². The number of hydrogen-bond acceptors (Lipinski definition) is 7. The van der Waals surface area contributed by atoms with Crippen molar-refractivity contribution in [3.8, 4) is 17.3 Å². The first-order valence-electron chi connectivity index (χ1n) is 9.82. The van der Waals surface area contributed by atoms with Gasteiger partial charge in [0.15, 0.2) is 12.4 Å². The van der Waals surface area contributed by atoms with Crippen LogP contribution in [-0.2, 0) is 6.54 Å². The van der Waals surface area contributed by atoms with Crippen molar-refractivity contribution in [3.63, 3.8) is 0 Å². The Labute approximate surface area is 180 Å². The first-order valence-corrected chi connectivity index (χ1v) is 9.82. The van der Waals surface area contributed by atoms with E-state index in [0.29, 0.717) is 29.8 Å². The molecule has 4 rings (SSSR count). The fourth-order valence-electron chi connectivity index (χ4n) is 2.93. The van der Waals surface area contributed by atoms with E-state index in [9.17, 15) is 4.79 Å². The van der Waals surface area contributed by atoms with Gasteiger partial charge in [0.2, 0.25) is 11.8 Å². The van der Waals surface area contributed by atoms with E-state index in [0.717, 1.165) is 11.3 Å². The lowest BCUT2D eigenvalue weighted by atomic mass is 10.2. The van der Waals surface area contributed by atoms with E-state index in [-0.39, 0.29) is 12.5 Å². The number of hydrogen-bond donors (Lipinski definition) is 1. The van der Waals surface area contributed by atoms with Gasteiger partial charge >= 0.3 is 0 Å². The van der Waals surface area contributed by atoms with Crippen LogP contribution in [0.4, 0.5) is 11.6 Å². The molecule has 0 unspecified atom stereocenters. The lowest BCUT2D eigenvalue weighted by Gasteiger charge is -2.13. The third-order valence-corrected chi connectivity index (χ3v) is 4.59. The Morgan fingerprint density at radius 2 is 1.84 bits per heavy atom. The minimum absolute atomic E-state index is 0.169. The number of rotatable bonds is 8. The number of benzene rings is 2.